The van der Waals surface area contributed by atoms with Gasteiger partial charge in [-0.1, -0.05) is 27.2 Å². The molecule has 88 valence electrons. The summed E-state index contributed by atoms with van der Waals surface area (Å²) < 4.78 is 0. The van der Waals surface area contributed by atoms with Crippen LogP contribution in [-0.4, -0.2) is 25.0 Å². The predicted octanol–water partition coefficient (Wildman–Crippen LogP) is 1.54. The maximum atomic E-state index is 11.7. The largest absolute Gasteiger partial charge is 0.354 e. The van der Waals surface area contributed by atoms with Gasteiger partial charge < -0.3 is 10.6 Å². The molecular formula is C12H24N2O. The number of nitrogens with one attached hydrogen (secondary N) is 2. The Morgan fingerprint density at radius 2 is 2.13 bits per heavy atom. The van der Waals surface area contributed by atoms with Gasteiger partial charge in [0.15, 0.2) is 0 Å². The number of amides is 1. The fourth-order valence-corrected chi connectivity index (χ4v) is 1.79. The summed E-state index contributed by atoms with van der Waals surface area (Å²) in [5, 5.41) is 6.46. The van der Waals surface area contributed by atoms with E-state index in [0.717, 1.165) is 13.1 Å². The van der Waals surface area contributed by atoms with Gasteiger partial charge in [0.1, 0.15) is 0 Å². The van der Waals surface area contributed by atoms with Crippen LogP contribution in [0.25, 0.3) is 0 Å². The van der Waals surface area contributed by atoms with Crippen LogP contribution in [0.1, 0.15) is 40.0 Å². The van der Waals surface area contributed by atoms with Crippen LogP contribution >= 0.6 is 0 Å². The van der Waals surface area contributed by atoms with E-state index < -0.39 is 0 Å². The molecule has 15 heavy (non-hydrogen) atoms. The van der Waals surface area contributed by atoms with E-state index in [2.05, 4.69) is 24.5 Å². The molecule has 0 saturated carbocycles. The van der Waals surface area contributed by atoms with Crippen molar-refractivity contribution in [2.75, 3.05) is 13.1 Å². The second-order valence-electron chi connectivity index (χ2n) is 4.92. The van der Waals surface area contributed by atoms with Gasteiger partial charge in [-0.25, -0.2) is 0 Å². The van der Waals surface area contributed by atoms with Crippen molar-refractivity contribution in [3.63, 3.8) is 0 Å². The third-order valence-electron chi connectivity index (χ3n) is 3.35. The number of carbonyl (C=O) groups is 1. The minimum Gasteiger partial charge on any atom is -0.354 e. The van der Waals surface area contributed by atoms with Crippen LogP contribution < -0.4 is 10.6 Å². The Morgan fingerprint density at radius 1 is 1.40 bits per heavy atom. The van der Waals surface area contributed by atoms with Crippen LogP contribution in [0.5, 0.6) is 0 Å². The molecule has 2 unspecified atom stereocenters. The van der Waals surface area contributed by atoms with Crippen molar-refractivity contribution in [1.29, 1.82) is 0 Å². The summed E-state index contributed by atoms with van der Waals surface area (Å²) in [4.78, 5) is 11.7. The molecular weight excluding hydrogens is 188 g/mol. The summed E-state index contributed by atoms with van der Waals surface area (Å²) in [5.41, 5.74) is 0. The van der Waals surface area contributed by atoms with E-state index in [1.807, 2.05) is 6.92 Å². The highest BCUT2D eigenvalue weighted by Gasteiger charge is 2.18. The molecule has 1 fully saturated rings. The zero-order chi connectivity index (χ0) is 11.3. The van der Waals surface area contributed by atoms with Gasteiger partial charge in [0.05, 0.1) is 0 Å². The molecule has 0 spiro atoms. The Labute approximate surface area is 93.0 Å². The van der Waals surface area contributed by atoms with E-state index in [-0.39, 0.29) is 11.8 Å². The molecule has 1 heterocycles. The summed E-state index contributed by atoms with van der Waals surface area (Å²) in [5.74, 6) is 0.732. The summed E-state index contributed by atoms with van der Waals surface area (Å²) in [6.45, 7) is 8.05. The smallest absolute Gasteiger partial charge is 0.223 e. The normalized spacial score (nSPS) is 23.9. The molecule has 1 amide bonds. The number of rotatable bonds is 4. The van der Waals surface area contributed by atoms with Crippen molar-refractivity contribution in [1.82, 2.24) is 10.6 Å². The average Bonchev–Trinajstić information content (AvgIpc) is 2.26. The van der Waals surface area contributed by atoms with Gasteiger partial charge in [0.25, 0.3) is 0 Å². The average molecular weight is 212 g/mol. The van der Waals surface area contributed by atoms with Crippen molar-refractivity contribution >= 4 is 5.91 Å². The van der Waals surface area contributed by atoms with Crippen molar-refractivity contribution < 1.29 is 4.79 Å². The first-order valence-corrected chi connectivity index (χ1v) is 6.12. The van der Waals surface area contributed by atoms with E-state index in [9.17, 15) is 4.79 Å². The van der Waals surface area contributed by atoms with E-state index in [1.54, 1.807) is 0 Å². The second kappa shape index (κ2) is 6.11. The molecule has 0 radical (unpaired) electrons. The minimum absolute atomic E-state index is 0.119. The van der Waals surface area contributed by atoms with Crippen LogP contribution in [0.3, 0.4) is 0 Å². The predicted molar refractivity (Wildman–Crippen MR) is 62.7 cm³/mol. The van der Waals surface area contributed by atoms with Crippen LogP contribution in [0.2, 0.25) is 0 Å². The van der Waals surface area contributed by atoms with E-state index in [0.29, 0.717) is 12.0 Å². The molecule has 1 saturated heterocycles. The molecule has 0 aromatic heterocycles. The van der Waals surface area contributed by atoms with Crippen molar-refractivity contribution in [2.24, 2.45) is 11.8 Å². The Kier molecular flexibility index (Phi) is 5.09. The number of piperidine rings is 1. The van der Waals surface area contributed by atoms with Crippen LogP contribution in [0.4, 0.5) is 0 Å². The Bertz CT molecular complexity index is 198. The van der Waals surface area contributed by atoms with Gasteiger partial charge >= 0.3 is 0 Å². The highest BCUT2D eigenvalue weighted by Crippen LogP contribution is 2.10. The van der Waals surface area contributed by atoms with Gasteiger partial charge in [-0.15, -0.1) is 0 Å². The van der Waals surface area contributed by atoms with Crippen molar-refractivity contribution in [3.8, 4) is 0 Å². The lowest BCUT2D eigenvalue weighted by atomic mass is 9.97. The fourth-order valence-electron chi connectivity index (χ4n) is 1.79. The maximum Gasteiger partial charge on any atom is 0.223 e. The fraction of sp³-hybridized carbons (Fsp3) is 0.917. The molecule has 0 aliphatic carbocycles. The zero-order valence-electron chi connectivity index (χ0n) is 10.2. The van der Waals surface area contributed by atoms with Gasteiger partial charge in [-0.2, -0.15) is 0 Å². The number of hydrogen-bond donors (Lipinski definition) is 2. The third-order valence-corrected chi connectivity index (χ3v) is 3.35. The third kappa shape index (κ3) is 4.20. The lowest BCUT2D eigenvalue weighted by Crippen LogP contribution is -2.45. The summed E-state index contributed by atoms with van der Waals surface area (Å²) in [6, 6.07) is 0.488. The first-order valence-electron chi connectivity index (χ1n) is 6.12. The SMILES string of the molecule is CC(C)C(C)C(=O)NCC1CCCCN1. The van der Waals surface area contributed by atoms with Crippen molar-refractivity contribution in [2.45, 2.75) is 46.1 Å². The highest BCUT2D eigenvalue weighted by atomic mass is 16.1. The Hall–Kier alpha value is -0.570. The number of hydrogen-bond acceptors (Lipinski definition) is 2. The summed E-state index contributed by atoms with van der Waals surface area (Å²) >= 11 is 0. The molecule has 0 aromatic carbocycles. The lowest BCUT2D eigenvalue weighted by molar-refractivity contribution is -0.125. The standard InChI is InChI=1S/C12H24N2O/c1-9(2)10(3)12(15)14-8-11-6-4-5-7-13-11/h9-11,13H,4-8H2,1-3H3,(H,14,15). The van der Waals surface area contributed by atoms with Crippen LogP contribution in [0.15, 0.2) is 0 Å². The monoisotopic (exact) mass is 212 g/mol. The molecule has 2 N–H and O–H groups in total. The molecule has 3 nitrogen and oxygen atoms in total. The Balaban J connectivity index is 2.20. The molecule has 1 aliphatic heterocycles. The molecule has 3 heteroatoms. The van der Waals surface area contributed by atoms with Gasteiger partial charge in [0, 0.05) is 18.5 Å². The first kappa shape index (κ1) is 12.5. The molecule has 2 atom stereocenters. The van der Waals surface area contributed by atoms with E-state index >= 15 is 0 Å². The van der Waals surface area contributed by atoms with Crippen molar-refractivity contribution in [3.05, 3.63) is 0 Å². The molecule has 1 aliphatic rings. The molecule has 0 bridgehead atoms. The quantitative estimate of drug-likeness (QED) is 0.742. The topological polar surface area (TPSA) is 41.1 Å². The van der Waals surface area contributed by atoms with Gasteiger partial charge in [0.2, 0.25) is 5.91 Å². The first-order chi connectivity index (χ1) is 7.11. The second-order valence-corrected chi connectivity index (χ2v) is 4.92. The molecule has 0 aromatic rings. The number of carbonyl (C=O) groups excluding carboxylic acids is 1. The van der Waals surface area contributed by atoms with Gasteiger partial charge in [-0.3, -0.25) is 4.79 Å². The maximum absolute atomic E-state index is 11.7. The Morgan fingerprint density at radius 3 is 2.67 bits per heavy atom. The summed E-state index contributed by atoms with van der Waals surface area (Å²) in [7, 11) is 0. The zero-order valence-corrected chi connectivity index (χ0v) is 10.2. The van der Waals surface area contributed by atoms with Crippen LogP contribution in [-0.2, 0) is 4.79 Å². The lowest BCUT2D eigenvalue weighted by Gasteiger charge is -2.24. The van der Waals surface area contributed by atoms with Crippen LogP contribution in [0, 0.1) is 11.8 Å². The summed E-state index contributed by atoms with van der Waals surface area (Å²) in [6.07, 6.45) is 3.75. The van der Waals surface area contributed by atoms with Gasteiger partial charge in [-0.05, 0) is 25.3 Å². The minimum atomic E-state index is 0.119. The highest BCUT2D eigenvalue weighted by molar-refractivity contribution is 5.78. The molecule has 1 rings (SSSR count). The van der Waals surface area contributed by atoms with E-state index in [1.165, 1.54) is 19.3 Å². The van der Waals surface area contributed by atoms with E-state index in [4.69, 9.17) is 0 Å².